The van der Waals surface area contributed by atoms with Gasteiger partial charge in [0.15, 0.2) is 0 Å². The molecule has 1 aromatic heterocycles. The molecule has 0 aliphatic heterocycles. The topological polar surface area (TPSA) is 63.2 Å². The van der Waals surface area contributed by atoms with Gasteiger partial charge in [-0.15, -0.1) is 0 Å². The number of nitrogens with zero attached hydrogens (tertiary/aromatic N) is 1. The van der Waals surface area contributed by atoms with Gasteiger partial charge in [-0.05, 0) is 61.0 Å². The van der Waals surface area contributed by atoms with Crippen LogP contribution in [0.4, 0.5) is 4.79 Å². The third-order valence-corrected chi connectivity index (χ3v) is 6.21. The highest BCUT2D eigenvalue weighted by Gasteiger charge is 2.53. The molecular weight excluding hydrogens is 290 g/mol. The molecule has 3 aliphatic rings. The Hall–Kier alpha value is -1.78. The number of fused-ring (bicyclic) bond motifs is 5. The Morgan fingerprint density at radius 1 is 1.30 bits per heavy atom. The number of aromatic nitrogens is 1. The molecule has 3 saturated carbocycles. The highest BCUT2D eigenvalue weighted by atomic mass is 16.5. The molecule has 3 aliphatic carbocycles. The summed E-state index contributed by atoms with van der Waals surface area (Å²) in [5.74, 6) is 4.00. The van der Waals surface area contributed by atoms with Crippen LogP contribution in [0.15, 0.2) is 18.3 Å². The van der Waals surface area contributed by atoms with Crippen molar-refractivity contribution in [1.82, 2.24) is 15.6 Å². The van der Waals surface area contributed by atoms with E-state index >= 15 is 0 Å². The van der Waals surface area contributed by atoms with Gasteiger partial charge < -0.3 is 15.4 Å². The van der Waals surface area contributed by atoms with Crippen LogP contribution in [-0.2, 0) is 6.54 Å². The van der Waals surface area contributed by atoms with Gasteiger partial charge in [-0.1, -0.05) is 6.42 Å². The average molecular weight is 315 g/mol. The molecular formula is C18H25N3O2. The van der Waals surface area contributed by atoms with Crippen molar-refractivity contribution >= 4 is 6.03 Å². The van der Waals surface area contributed by atoms with Gasteiger partial charge in [-0.2, -0.15) is 0 Å². The van der Waals surface area contributed by atoms with Gasteiger partial charge in [-0.25, -0.2) is 9.78 Å². The molecule has 5 atom stereocenters. The number of amides is 2. The van der Waals surface area contributed by atoms with Gasteiger partial charge in [0.2, 0.25) is 5.88 Å². The molecule has 2 N–H and O–H groups in total. The molecule has 1 aromatic rings. The summed E-state index contributed by atoms with van der Waals surface area (Å²) in [4.78, 5) is 16.3. The first kappa shape index (κ1) is 14.8. The van der Waals surface area contributed by atoms with Crippen LogP contribution in [0.25, 0.3) is 0 Å². The van der Waals surface area contributed by atoms with E-state index in [1.165, 1.54) is 32.1 Å². The Kier molecular flexibility index (Phi) is 3.87. The number of methoxy groups -OCH3 is 1. The minimum absolute atomic E-state index is 0.0483. The molecule has 3 fully saturated rings. The SMILES string of the molecule is COc1cc(CNC(=O)NC2CC3CC2C2CCCC32)ccn1. The van der Waals surface area contributed by atoms with Crippen LogP contribution in [-0.4, -0.2) is 24.2 Å². The van der Waals surface area contributed by atoms with Crippen LogP contribution in [0, 0.1) is 23.7 Å². The first-order chi connectivity index (χ1) is 11.2. The van der Waals surface area contributed by atoms with Crippen molar-refractivity contribution in [1.29, 1.82) is 0 Å². The maximum Gasteiger partial charge on any atom is 0.315 e. The molecule has 2 bridgehead atoms. The second kappa shape index (κ2) is 6.02. The van der Waals surface area contributed by atoms with Crippen molar-refractivity contribution in [3.05, 3.63) is 23.9 Å². The van der Waals surface area contributed by atoms with E-state index < -0.39 is 0 Å². The van der Waals surface area contributed by atoms with E-state index in [2.05, 4.69) is 15.6 Å². The summed E-state index contributed by atoms with van der Waals surface area (Å²) >= 11 is 0. The predicted molar refractivity (Wildman–Crippen MR) is 87.0 cm³/mol. The zero-order chi connectivity index (χ0) is 15.8. The van der Waals surface area contributed by atoms with Crippen LogP contribution in [0.5, 0.6) is 5.88 Å². The third-order valence-electron chi connectivity index (χ3n) is 6.21. The molecule has 5 unspecified atom stereocenters. The van der Waals surface area contributed by atoms with Crippen LogP contribution < -0.4 is 15.4 Å². The number of pyridine rings is 1. The summed E-state index contributed by atoms with van der Waals surface area (Å²) in [6, 6.07) is 4.07. The quantitative estimate of drug-likeness (QED) is 0.898. The smallest absolute Gasteiger partial charge is 0.315 e. The van der Waals surface area contributed by atoms with Gasteiger partial charge in [-0.3, -0.25) is 0 Å². The Bertz CT molecular complexity index is 591. The van der Waals surface area contributed by atoms with Crippen molar-refractivity contribution in [3.63, 3.8) is 0 Å². The summed E-state index contributed by atoms with van der Waals surface area (Å²) in [6.45, 7) is 0.498. The number of urea groups is 1. The molecule has 0 aromatic carbocycles. The second-order valence-corrected chi connectivity index (χ2v) is 7.29. The Balaban J connectivity index is 1.29. The van der Waals surface area contributed by atoms with Crippen molar-refractivity contribution in [2.75, 3.05) is 7.11 Å². The Morgan fingerprint density at radius 3 is 3.04 bits per heavy atom. The highest BCUT2D eigenvalue weighted by Crippen LogP contribution is 2.58. The fraction of sp³-hybridized carbons (Fsp3) is 0.667. The van der Waals surface area contributed by atoms with E-state index in [0.717, 1.165) is 29.2 Å². The van der Waals surface area contributed by atoms with E-state index in [4.69, 9.17) is 4.74 Å². The van der Waals surface area contributed by atoms with Gasteiger partial charge in [0.1, 0.15) is 0 Å². The zero-order valence-corrected chi connectivity index (χ0v) is 13.6. The third kappa shape index (κ3) is 2.77. The lowest BCUT2D eigenvalue weighted by Gasteiger charge is -2.32. The van der Waals surface area contributed by atoms with E-state index in [1.807, 2.05) is 12.1 Å². The summed E-state index contributed by atoms with van der Waals surface area (Å²) in [5, 5.41) is 6.19. The summed E-state index contributed by atoms with van der Waals surface area (Å²) in [6.07, 6.45) is 8.41. The minimum atomic E-state index is -0.0483. The maximum absolute atomic E-state index is 12.2. The van der Waals surface area contributed by atoms with E-state index in [0.29, 0.717) is 18.5 Å². The summed E-state index contributed by atoms with van der Waals surface area (Å²) in [5.41, 5.74) is 0.996. The molecule has 23 heavy (non-hydrogen) atoms. The molecule has 124 valence electrons. The normalized spacial score (nSPS) is 34.2. The molecule has 5 heteroatoms. The predicted octanol–water partition coefficient (Wildman–Crippen LogP) is 2.71. The lowest BCUT2D eigenvalue weighted by atomic mass is 9.79. The van der Waals surface area contributed by atoms with E-state index in [-0.39, 0.29) is 6.03 Å². The van der Waals surface area contributed by atoms with Crippen LogP contribution in [0.2, 0.25) is 0 Å². The number of carbonyl (C=O) groups excluding carboxylic acids is 1. The largest absolute Gasteiger partial charge is 0.481 e. The van der Waals surface area contributed by atoms with Crippen molar-refractivity contribution < 1.29 is 9.53 Å². The van der Waals surface area contributed by atoms with Crippen LogP contribution >= 0.6 is 0 Å². The fourth-order valence-electron chi connectivity index (χ4n) is 5.31. The maximum atomic E-state index is 12.2. The van der Waals surface area contributed by atoms with Crippen molar-refractivity contribution in [2.45, 2.75) is 44.7 Å². The Morgan fingerprint density at radius 2 is 2.17 bits per heavy atom. The highest BCUT2D eigenvalue weighted by molar-refractivity contribution is 5.74. The van der Waals surface area contributed by atoms with E-state index in [9.17, 15) is 4.79 Å². The second-order valence-electron chi connectivity index (χ2n) is 7.29. The molecule has 5 nitrogen and oxygen atoms in total. The zero-order valence-electron chi connectivity index (χ0n) is 13.6. The molecule has 0 spiro atoms. The first-order valence-corrected chi connectivity index (χ1v) is 8.78. The lowest BCUT2D eigenvalue weighted by molar-refractivity contribution is 0.197. The molecule has 2 amide bonds. The van der Waals surface area contributed by atoms with Gasteiger partial charge >= 0.3 is 6.03 Å². The van der Waals surface area contributed by atoms with Crippen molar-refractivity contribution in [3.8, 4) is 5.88 Å². The standard InChI is InChI=1S/C18H25N3O2/c1-23-17-7-11(5-6-19-17)10-20-18(22)21-16-9-12-8-15(16)14-4-2-3-13(12)14/h5-7,12-16H,2-4,8-10H2,1H3,(H2,20,21,22). The number of rotatable bonds is 4. The number of hydrogen-bond acceptors (Lipinski definition) is 3. The monoisotopic (exact) mass is 315 g/mol. The van der Waals surface area contributed by atoms with E-state index in [1.54, 1.807) is 13.3 Å². The van der Waals surface area contributed by atoms with Gasteiger partial charge in [0.25, 0.3) is 0 Å². The number of ether oxygens (including phenoxy) is 1. The van der Waals surface area contributed by atoms with Crippen LogP contribution in [0.3, 0.4) is 0 Å². The molecule has 4 rings (SSSR count). The van der Waals surface area contributed by atoms with Gasteiger partial charge in [0.05, 0.1) is 7.11 Å². The first-order valence-electron chi connectivity index (χ1n) is 8.78. The van der Waals surface area contributed by atoms with Gasteiger partial charge in [0, 0.05) is 24.8 Å². The number of carbonyl (C=O) groups is 1. The minimum Gasteiger partial charge on any atom is -0.481 e. The molecule has 0 radical (unpaired) electrons. The summed E-state index contributed by atoms with van der Waals surface area (Å²) < 4.78 is 5.10. The number of hydrogen-bond donors (Lipinski definition) is 2. The lowest BCUT2D eigenvalue weighted by Crippen LogP contribution is -2.46. The average Bonchev–Trinajstić information content (AvgIpc) is 3.26. The molecule has 0 saturated heterocycles. The summed E-state index contributed by atoms with van der Waals surface area (Å²) in [7, 11) is 1.59. The number of nitrogens with one attached hydrogen (secondary N) is 2. The Labute approximate surface area is 137 Å². The fourth-order valence-corrected chi connectivity index (χ4v) is 5.31. The van der Waals surface area contributed by atoms with Crippen molar-refractivity contribution in [2.24, 2.45) is 23.7 Å². The molecule has 1 heterocycles. The van der Waals surface area contributed by atoms with Crippen LogP contribution in [0.1, 0.15) is 37.7 Å².